The van der Waals surface area contributed by atoms with Gasteiger partial charge in [0.05, 0.1) is 0 Å². The molecule has 1 aliphatic rings. The summed E-state index contributed by atoms with van der Waals surface area (Å²) >= 11 is 0.232. The molecule has 0 bridgehead atoms. The van der Waals surface area contributed by atoms with E-state index in [1.54, 1.807) is 13.8 Å². The normalized spacial score (nSPS) is 13.2. The maximum absolute atomic E-state index is 11.9. The van der Waals surface area contributed by atoms with E-state index < -0.39 is 0 Å². The first-order valence-electron chi connectivity index (χ1n) is 5.75. The van der Waals surface area contributed by atoms with E-state index in [-0.39, 0.29) is 26.4 Å². The second-order valence-corrected chi connectivity index (χ2v) is 7.86. The summed E-state index contributed by atoms with van der Waals surface area (Å²) in [6, 6.07) is 0. The fourth-order valence-electron chi connectivity index (χ4n) is 1.78. The van der Waals surface area contributed by atoms with Gasteiger partial charge in [0, 0.05) is 0 Å². The van der Waals surface area contributed by atoms with Gasteiger partial charge in [0.15, 0.2) is 0 Å². The van der Waals surface area contributed by atoms with E-state index in [9.17, 15) is 9.59 Å². The number of fused-ring (bicyclic) bond motifs is 1. The van der Waals surface area contributed by atoms with Crippen molar-refractivity contribution in [2.24, 2.45) is 0 Å². The summed E-state index contributed by atoms with van der Waals surface area (Å²) in [5, 5.41) is 1.89. The van der Waals surface area contributed by atoms with Crippen molar-refractivity contribution in [1.29, 1.82) is 0 Å². The zero-order valence-electron chi connectivity index (χ0n) is 10.3. The molecule has 2 heterocycles. The van der Waals surface area contributed by atoms with E-state index >= 15 is 0 Å². The van der Waals surface area contributed by atoms with Crippen LogP contribution < -0.4 is 0 Å². The third-order valence-electron chi connectivity index (χ3n) is 2.53. The summed E-state index contributed by atoms with van der Waals surface area (Å²) in [6.45, 7) is 4.34. The van der Waals surface area contributed by atoms with Crippen molar-refractivity contribution in [1.82, 2.24) is 0 Å². The minimum absolute atomic E-state index is 0.236. The third-order valence-corrected chi connectivity index (χ3v) is 7.19. The second kappa shape index (κ2) is 6.07. The van der Waals surface area contributed by atoms with Gasteiger partial charge < -0.3 is 0 Å². The van der Waals surface area contributed by atoms with Crippen LogP contribution >= 0.6 is 0 Å². The van der Waals surface area contributed by atoms with Gasteiger partial charge >= 0.3 is 118 Å². The van der Waals surface area contributed by atoms with Crippen molar-refractivity contribution in [2.75, 3.05) is 13.2 Å². The van der Waals surface area contributed by atoms with Crippen LogP contribution in [0.2, 0.25) is 0 Å². The number of ether oxygens (including phenoxy) is 2. The Kier molecular flexibility index (Phi) is 4.68. The summed E-state index contributed by atoms with van der Waals surface area (Å²) < 4.78 is 11.6. The molecule has 0 radical (unpaired) electrons. The van der Waals surface area contributed by atoms with Crippen LogP contribution in [-0.2, 0) is 20.1 Å². The average Bonchev–Trinajstić information content (AvgIpc) is 2.89. The molecule has 0 fully saturated rings. The first-order valence-corrected chi connectivity index (χ1v) is 9.89. The summed E-state index contributed by atoms with van der Waals surface area (Å²) in [6.07, 6.45) is 0. The number of rotatable bonds is 4. The van der Waals surface area contributed by atoms with Crippen LogP contribution in [-0.4, -0.2) is 54.6 Å². The molecule has 98 valence electrons. The van der Waals surface area contributed by atoms with Crippen molar-refractivity contribution < 1.29 is 19.1 Å². The van der Waals surface area contributed by atoms with E-state index in [1.807, 2.05) is 0 Å². The van der Waals surface area contributed by atoms with Crippen molar-refractivity contribution in [3.63, 3.8) is 0 Å². The fraction of sp³-hybridized carbons (Fsp3) is 0.500. The van der Waals surface area contributed by atoms with Gasteiger partial charge in [-0.3, -0.25) is 0 Å². The maximum atomic E-state index is 11.9. The number of carbonyl (C=O) groups excluding carboxylic acids is 2. The van der Waals surface area contributed by atoms with Crippen molar-refractivity contribution >= 4 is 41.4 Å². The molecule has 0 saturated heterocycles. The molecule has 0 aliphatic carbocycles. The minimum atomic E-state index is -0.248. The van der Waals surface area contributed by atoms with Crippen LogP contribution in [0.3, 0.4) is 0 Å². The molecule has 1 aromatic heterocycles. The van der Waals surface area contributed by atoms with Crippen LogP contribution in [0, 0.1) is 0 Å². The van der Waals surface area contributed by atoms with E-state index in [4.69, 9.17) is 9.47 Å². The SMILES string of the molecule is CCOC(=O)c1[se]c(C(=O)OCC)c2c1C[Se]C2. The Bertz CT molecular complexity index is 438. The van der Waals surface area contributed by atoms with Gasteiger partial charge in [-0.15, -0.1) is 0 Å². The molecule has 4 nitrogen and oxygen atoms in total. The van der Waals surface area contributed by atoms with Gasteiger partial charge in [-0.25, -0.2) is 0 Å². The van der Waals surface area contributed by atoms with Crippen LogP contribution in [0.4, 0.5) is 0 Å². The summed E-state index contributed by atoms with van der Waals surface area (Å²) in [5.41, 5.74) is 2.16. The number of hydrogen-bond acceptors (Lipinski definition) is 4. The summed E-state index contributed by atoms with van der Waals surface area (Å²) in [5.74, 6) is -0.496. The zero-order chi connectivity index (χ0) is 13.1. The predicted octanol–water partition coefficient (Wildman–Crippen LogP) is 0.815. The van der Waals surface area contributed by atoms with Crippen molar-refractivity contribution in [3.8, 4) is 0 Å². The zero-order valence-corrected chi connectivity index (χ0v) is 13.7. The van der Waals surface area contributed by atoms with E-state index in [0.29, 0.717) is 28.2 Å². The number of carbonyl (C=O) groups is 2. The molecule has 1 aromatic rings. The van der Waals surface area contributed by atoms with E-state index in [0.717, 1.165) is 30.6 Å². The van der Waals surface area contributed by atoms with Crippen LogP contribution in [0.1, 0.15) is 43.4 Å². The monoisotopic (exact) mass is 382 g/mol. The Labute approximate surface area is 118 Å². The first-order chi connectivity index (χ1) is 8.69. The Morgan fingerprint density at radius 3 is 1.83 bits per heavy atom. The molecular formula is C12H14O4Se2. The Morgan fingerprint density at radius 1 is 1.00 bits per heavy atom. The second-order valence-electron chi connectivity index (χ2n) is 3.65. The molecule has 0 atom stereocenters. The van der Waals surface area contributed by atoms with E-state index in [2.05, 4.69) is 0 Å². The Morgan fingerprint density at radius 2 is 1.44 bits per heavy atom. The molecule has 6 heteroatoms. The first kappa shape index (κ1) is 13.9. The van der Waals surface area contributed by atoms with Gasteiger partial charge in [0.2, 0.25) is 0 Å². The van der Waals surface area contributed by atoms with Crippen molar-refractivity contribution in [3.05, 3.63) is 20.0 Å². The van der Waals surface area contributed by atoms with Crippen LogP contribution in [0.25, 0.3) is 0 Å². The van der Waals surface area contributed by atoms with Gasteiger partial charge in [-0.05, 0) is 0 Å². The third kappa shape index (κ3) is 2.57. The summed E-state index contributed by atoms with van der Waals surface area (Å²) in [4.78, 5) is 23.8. The molecule has 0 spiro atoms. The quantitative estimate of drug-likeness (QED) is 0.574. The molecule has 0 amide bonds. The molecule has 1 aliphatic heterocycles. The average molecular weight is 380 g/mol. The molecular weight excluding hydrogens is 366 g/mol. The topological polar surface area (TPSA) is 52.6 Å². The molecule has 0 aromatic carbocycles. The molecule has 0 saturated carbocycles. The standard InChI is InChI=1S/C12H14O4Se2/c1-3-15-11(13)9-7-5-17-6-8(7)10(18-9)12(14)16-4-2/h3-6H2,1-2H3. The van der Waals surface area contributed by atoms with Crippen molar-refractivity contribution in [2.45, 2.75) is 24.5 Å². The summed E-state index contributed by atoms with van der Waals surface area (Å²) in [7, 11) is 0. The van der Waals surface area contributed by atoms with Gasteiger partial charge in [0.25, 0.3) is 0 Å². The van der Waals surface area contributed by atoms with Crippen LogP contribution in [0.5, 0.6) is 0 Å². The molecule has 2 rings (SSSR count). The predicted molar refractivity (Wildman–Crippen MR) is 68.5 cm³/mol. The van der Waals surface area contributed by atoms with Crippen LogP contribution in [0.15, 0.2) is 0 Å². The Hall–Kier alpha value is -0.541. The van der Waals surface area contributed by atoms with E-state index in [1.165, 1.54) is 0 Å². The fourth-order valence-corrected chi connectivity index (χ4v) is 7.48. The van der Waals surface area contributed by atoms with Gasteiger partial charge in [-0.1, -0.05) is 0 Å². The molecule has 0 N–H and O–H groups in total. The Balaban J connectivity index is 2.36. The molecule has 0 unspecified atom stereocenters. The molecule has 18 heavy (non-hydrogen) atoms. The van der Waals surface area contributed by atoms with Gasteiger partial charge in [0.1, 0.15) is 0 Å². The number of hydrogen-bond donors (Lipinski definition) is 0. The number of esters is 2. The van der Waals surface area contributed by atoms with Gasteiger partial charge in [-0.2, -0.15) is 0 Å².